The lowest BCUT2D eigenvalue weighted by molar-refractivity contribution is 0.239. The van der Waals surface area contributed by atoms with Crippen LogP contribution in [0.15, 0.2) is 0 Å². The molecule has 0 bridgehead atoms. The van der Waals surface area contributed by atoms with Gasteiger partial charge in [-0.25, -0.2) is 4.79 Å². The molecule has 2 saturated heterocycles. The Morgan fingerprint density at radius 2 is 2.33 bits per heavy atom. The van der Waals surface area contributed by atoms with Crippen molar-refractivity contribution in [2.24, 2.45) is 0 Å². The van der Waals surface area contributed by atoms with Crippen LogP contribution in [0.4, 0.5) is 4.79 Å². The Labute approximate surface area is 94.9 Å². The van der Waals surface area contributed by atoms with Crippen LogP contribution in [-0.4, -0.2) is 36.3 Å². The first-order valence-electron chi connectivity index (χ1n) is 5.74. The maximum Gasteiger partial charge on any atom is 0.315 e. The molecule has 2 aliphatic rings. The van der Waals surface area contributed by atoms with E-state index in [1.54, 1.807) is 0 Å². The van der Waals surface area contributed by atoms with Gasteiger partial charge in [-0.3, -0.25) is 0 Å². The molecule has 5 heteroatoms. The summed E-state index contributed by atoms with van der Waals surface area (Å²) in [6.45, 7) is 1.84. The highest BCUT2D eigenvalue weighted by Crippen LogP contribution is 2.23. The van der Waals surface area contributed by atoms with Gasteiger partial charge in [0.2, 0.25) is 0 Å². The van der Waals surface area contributed by atoms with Crippen LogP contribution in [0.5, 0.6) is 0 Å². The van der Waals surface area contributed by atoms with Gasteiger partial charge in [0.25, 0.3) is 0 Å². The molecular weight excluding hydrogens is 210 g/mol. The highest BCUT2D eigenvalue weighted by atomic mass is 32.2. The van der Waals surface area contributed by atoms with E-state index in [0.29, 0.717) is 11.4 Å². The standard InChI is InChI=1S/C10H19N3OS/c14-10(13-9-4-2-6-15-9)12-7-8-3-1-5-11-8/h8-9,11H,1-7H2,(H2,12,13,14). The van der Waals surface area contributed by atoms with Crippen molar-refractivity contribution in [3.05, 3.63) is 0 Å². The van der Waals surface area contributed by atoms with E-state index in [9.17, 15) is 4.79 Å². The van der Waals surface area contributed by atoms with Gasteiger partial charge in [0.15, 0.2) is 0 Å². The van der Waals surface area contributed by atoms with Gasteiger partial charge in [-0.2, -0.15) is 0 Å². The van der Waals surface area contributed by atoms with Crippen molar-refractivity contribution < 1.29 is 4.79 Å². The molecule has 2 amide bonds. The molecule has 0 aromatic heterocycles. The smallest absolute Gasteiger partial charge is 0.315 e. The zero-order chi connectivity index (χ0) is 10.5. The van der Waals surface area contributed by atoms with Crippen molar-refractivity contribution >= 4 is 17.8 Å². The van der Waals surface area contributed by atoms with Crippen molar-refractivity contribution in [2.75, 3.05) is 18.8 Å². The Morgan fingerprint density at radius 3 is 3.00 bits per heavy atom. The quantitative estimate of drug-likeness (QED) is 0.674. The first-order valence-corrected chi connectivity index (χ1v) is 6.79. The molecule has 0 aromatic carbocycles. The molecule has 2 aliphatic heterocycles. The molecule has 0 saturated carbocycles. The normalized spacial score (nSPS) is 30.4. The van der Waals surface area contributed by atoms with Crippen molar-refractivity contribution in [1.29, 1.82) is 0 Å². The van der Waals surface area contributed by atoms with Gasteiger partial charge >= 0.3 is 6.03 Å². The Hall–Kier alpha value is -0.420. The van der Waals surface area contributed by atoms with Gasteiger partial charge in [-0.1, -0.05) is 0 Å². The lowest BCUT2D eigenvalue weighted by Crippen LogP contribution is -2.44. The fourth-order valence-electron chi connectivity index (χ4n) is 2.04. The maximum absolute atomic E-state index is 11.5. The lowest BCUT2D eigenvalue weighted by Gasteiger charge is -2.15. The molecule has 0 radical (unpaired) electrons. The lowest BCUT2D eigenvalue weighted by atomic mass is 10.2. The molecule has 2 heterocycles. The zero-order valence-corrected chi connectivity index (χ0v) is 9.74. The van der Waals surface area contributed by atoms with E-state index in [0.717, 1.165) is 19.5 Å². The summed E-state index contributed by atoms with van der Waals surface area (Å²) >= 11 is 1.84. The van der Waals surface area contributed by atoms with E-state index in [-0.39, 0.29) is 6.03 Å². The molecule has 86 valence electrons. The minimum Gasteiger partial charge on any atom is -0.337 e. The fraction of sp³-hybridized carbons (Fsp3) is 0.900. The SMILES string of the molecule is O=C(NCC1CCCN1)NC1CCCS1. The Bertz CT molecular complexity index is 213. The molecule has 2 fully saturated rings. The highest BCUT2D eigenvalue weighted by Gasteiger charge is 2.19. The van der Waals surface area contributed by atoms with E-state index in [4.69, 9.17) is 0 Å². The Morgan fingerprint density at radius 1 is 1.40 bits per heavy atom. The van der Waals surface area contributed by atoms with E-state index in [2.05, 4.69) is 16.0 Å². The summed E-state index contributed by atoms with van der Waals surface area (Å²) in [6, 6.07) is 0.468. The van der Waals surface area contributed by atoms with Crippen molar-refractivity contribution in [2.45, 2.75) is 37.1 Å². The summed E-state index contributed by atoms with van der Waals surface area (Å²) in [5.74, 6) is 1.18. The molecule has 0 spiro atoms. The van der Waals surface area contributed by atoms with Gasteiger partial charge < -0.3 is 16.0 Å². The molecule has 2 atom stereocenters. The summed E-state index contributed by atoms with van der Waals surface area (Å²) in [5, 5.41) is 9.61. The second kappa shape index (κ2) is 5.61. The minimum absolute atomic E-state index is 0.0110. The highest BCUT2D eigenvalue weighted by molar-refractivity contribution is 8.00. The number of rotatable bonds is 3. The molecule has 2 rings (SSSR count). The number of carbonyl (C=O) groups excluding carboxylic acids is 1. The second-order valence-corrected chi connectivity index (χ2v) is 5.46. The second-order valence-electron chi connectivity index (χ2n) is 4.15. The van der Waals surface area contributed by atoms with Crippen LogP contribution < -0.4 is 16.0 Å². The van der Waals surface area contributed by atoms with Crippen LogP contribution >= 0.6 is 11.8 Å². The van der Waals surface area contributed by atoms with E-state index in [1.807, 2.05) is 11.8 Å². The summed E-state index contributed by atoms with van der Waals surface area (Å²) in [6.07, 6.45) is 4.74. The van der Waals surface area contributed by atoms with Gasteiger partial charge in [0.1, 0.15) is 0 Å². The zero-order valence-electron chi connectivity index (χ0n) is 8.92. The molecule has 3 N–H and O–H groups in total. The number of urea groups is 1. The predicted octanol–water partition coefficient (Wildman–Crippen LogP) is 0.891. The van der Waals surface area contributed by atoms with Gasteiger partial charge in [-0.15, -0.1) is 11.8 Å². The van der Waals surface area contributed by atoms with Gasteiger partial charge in [0, 0.05) is 12.6 Å². The predicted molar refractivity (Wildman–Crippen MR) is 63.0 cm³/mol. The number of nitrogens with one attached hydrogen (secondary N) is 3. The Balaban J connectivity index is 1.59. The summed E-state index contributed by atoms with van der Waals surface area (Å²) < 4.78 is 0. The largest absolute Gasteiger partial charge is 0.337 e. The number of amides is 2. The van der Waals surface area contributed by atoms with Crippen LogP contribution in [0.3, 0.4) is 0 Å². The average Bonchev–Trinajstić information content (AvgIpc) is 2.86. The molecule has 15 heavy (non-hydrogen) atoms. The number of thioether (sulfide) groups is 1. The van der Waals surface area contributed by atoms with Gasteiger partial charge in [0.05, 0.1) is 5.37 Å². The average molecular weight is 229 g/mol. The fourth-order valence-corrected chi connectivity index (χ4v) is 3.18. The van der Waals surface area contributed by atoms with Crippen LogP contribution in [0, 0.1) is 0 Å². The summed E-state index contributed by atoms with van der Waals surface area (Å²) in [5.41, 5.74) is 0. The Kier molecular flexibility index (Phi) is 4.14. The summed E-state index contributed by atoms with van der Waals surface area (Å²) in [7, 11) is 0. The van der Waals surface area contributed by atoms with Crippen LogP contribution in [0.2, 0.25) is 0 Å². The van der Waals surface area contributed by atoms with E-state index in [1.165, 1.54) is 25.0 Å². The minimum atomic E-state index is -0.0110. The van der Waals surface area contributed by atoms with Crippen LogP contribution in [0.25, 0.3) is 0 Å². The third-order valence-electron chi connectivity index (χ3n) is 2.89. The molecule has 2 unspecified atom stereocenters. The van der Waals surface area contributed by atoms with Crippen molar-refractivity contribution in [3.63, 3.8) is 0 Å². The molecule has 4 nitrogen and oxygen atoms in total. The van der Waals surface area contributed by atoms with Crippen LogP contribution in [-0.2, 0) is 0 Å². The summed E-state index contributed by atoms with van der Waals surface area (Å²) in [4.78, 5) is 11.5. The number of carbonyl (C=O) groups is 1. The van der Waals surface area contributed by atoms with E-state index >= 15 is 0 Å². The monoisotopic (exact) mass is 229 g/mol. The number of hydrogen-bond acceptors (Lipinski definition) is 3. The van der Waals surface area contributed by atoms with Crippen molar-refractivity contribution in [3.8, 4) is 0 Å². The first-order chi connectivity index (χ1) is 7.34. The topological polar surface area (TPSA) is 53.2 Å². The van der Waals surface area contributed by atoms with Crippen molar-refractivity contribution in [1.82, 2.24) is 16.0 Å². The van der Waals surface area contributed by atoms with E-state index < -0.39 is 0 Å². The van der Waals surface area contributed by atoms with Gasteiger partial charge in [-0.05, 0) is 38.0 Å². The first kappa shape index (κ1) is 11.1. The number of hydrogen-bond donors (Lipinski definition) is 3. The molecule has 0 aliphatic carbocycles. The van der Waals surface area contributed by atoms with Crippen LogP contribution in [0.1, 0.15) is 25.7 Å². The molecular formula is C10H19N3OS. The maximum atomic E-state index is 11.5. The third-order valence-corrected chi connectivity index (χ3v) is 4.17. The molecule has 0 aromatic rings. The third kappa shape index (κ3) is 3.57.